The molecule has 1 atom stereocenters. The van der Waals surface area contributed by atoms with Crippen LogP contribution in [-0.4, -0.2) is 97.7 Å². The van der Waals surface area contributed by atoms with Gasteiger partial charge in [0.2, 0.25) is 23.6 Å². The first-order chi connectivity index (χ1) is 23.6. The summed E-state index contributed by atoms with van der Waals surface area (Å²) in [5.74, 6) is -0.0186. The molecule has 0 bridgehead atoms. The van der Waals surface area contributed by atoms with Crippen LogP contribution in [0, 0.1) is 16.7 Å². The maximum absolute atomic E-state index is 13.8. The molecule has 13 heteroatoms. The Hall–Kier alpha value is -5.56. The van der Waals surface area contributed by atoms with E-state index in [9.17, 15) is 14.4 Å². The molecular weight excluding hydrogens is 624 g/mol. The molecule has 256 valence electrons. The molecule has 13 nitrogen and oxygen atoms in total. The number of likely N-dealkylation sites (tertiary alicyclic amines) is 1. The number of carbonyl (C=O) groups excluding carboxylic acids is 3. The van der Waals surface area contributed by atoms with Gasteiger partial charge >= 0.3 is 6.09 Å². The van der Waals surface area contributed by atoms with Gasteiger partial charge in [-0.05, 0) is 73.8 Å². The van der Waals surface area contributed by atoms with Gasteiger partial charge in [0.25, 0.3) is 0 Å². The highest BCUT2D eigenvalue weighted by molar-refractivity contribution is 6.14. The van der Waals surface area contributed by atoms with Gasteiger partial charge in [-0.25, -0.2) is 9.78 Å². The number of carbonyl (C=O) groups is 3. The fourth-order valence-corrected chi connectivity index (χ4v) is 6.08. The van der Waals surface area contributed by atoms with Crippen molar-refractivity contribution < 1.29 is 23.9 Å². The van der Waals surface area contributed by atoms with Crippen LogP contribution in [0.5, 0.6) is 5.88 Å². The third-order valence-corrected chi connectivity index (χ3v) is 8.89. The van der Waals surface area contributed by atoms with Gasteiger partial charge in [0, 0.05) is 73.6 Å². The second-order valence-corrected chi connectivity index (χ2v) is 11.9. The summed E-state index contributed by atoms with van der Waals surface area (Å²) in [5.41, 5.74) is 11.3. The number of nitrogens with two attached hydrogens (primary N) is 1. The number of methoxy groups -OCH3 is 1. The molecule has 49 heavy (non-hydrogen) atoms. The monoisotopic (exact) mass is 666 g/mol. The van der Waals surface area contributed by atoms with Crippen LogP contribution < -0.4 is 20.7 Å². The molecule has 1 aromatic heterocycles. The summed E-state index contributed by atoms with van der Waals surface area (Å²) in [6, 6.07) is 16.0. The van der Waals surface area contributed by atoms with Crippen molar-refractivity contribution in [2.45, 2.75) is 19.8 Å². The molecule has 3 heterocycles. The minimum Gasteiger partial charge on any atom is -0.481 e. The van der Waals surface area contributed by atoms with Crippen molar-refractivity contribution in [3.8, 4) is 5.88 Å². The Bertz CT molecular complexity index is 1760. The maximum Gasteiger partial charge on any atom is 0.413 e. The first-order valence-corrected chi connectivity index (χ1v) is 16.2. The van der Waals surface area contributed by atoms with E-state index in [0.717, 1.165) is 11.1 Å². The molecule has 1 saturated heterocycles. The standard InChI is InChI=1S/C36H42N8O5/c1-4-44(28-10-11-30(37)29(19-28)33(38)26-9-12-31(48-3)41-20-26)35(46)27-13-16-42(21-27)22-32(45)43-17-14-24(15-18-43)23-5-7-25(8-6-23)34(39)49-36(47)40-2/h5-12,14,19-20,27,38-39H,4,13,15-18,21-22,37H2,1-3H3,(H,40,47)/t27-/m1/s1. The van der Waals surface area contributed by atoms with Crippen LogP contribution in [0.25, 0.3) is 5.57 Å². The van der Waals surface area contributed by atoms with Gasteiger partial charge in [0.1, 0.15) is 0 Å². The summed E-state index contributed by atoms with van der Waals surface area (Å²) in [4.78, 5) is 48.2. The second kappa shape index (κ2) is 15.6. The zero-order valence-corrected chi connectivity index (χ0v) is 28.0. The number of pyridine rings is 1. The zero-order valence-electron chi connectivity index (χ0n) is 28.0. The average Bonchev–Trinajstić information content (AvgIpc) is 3.60. The van der Waals surface area contributed by atoms with Gasteiger partial charge < -0.3 is 30.3 Å². The van der Waals surface area contributed by atoms with Crippen LogP contribution in [0.2, 0.25) is 0 Å². The summed E-state index contributed by atoms with van der Waals surface area (Å²) in [7, 11) is 2.96. The number of amides is 3. The Labute approximate surface area is 285 Å². The fraction of sp³-hybridized carbons (Fsp3) is 0.333. The highest BCUT2D eigenvalue weighted by atomic mass is 16.6. The van der Waals surface area contributed by atoms with E-state index < -0.39 is 6.09 Å². The fourth-order valence-electron chi connectivity index (χ4n) is 6.08. The van der Waals surface area contributed by atoms with Gasteiger partial charge in [-0.2, -0.15) is 0 Å². The largest absolute Gasteiger partial charge is 0.481 e. The molecule has 0 spiro atoms. The van der Waals surface area contributed by atoms with Gasteiger partial charge in [0.15, 0.2) is 0 Å². The molecule has 1 fully saturated rings. The van der Waals surface area contributed by atoms with Crippen molar-refractivity contribution in [3.05, 3.63) is 89.1 Å². The first-order valence-electron chi connectivity index (χ1n) is 16.2. The van der Waals surface area contributed by atoms with Crippen molar-refractivity contribution in [2.75, 3.05) is 64.1 Å². The lowest BCUT2D eigenvalue weighted by molar-refractivity contribution is -0.132. The van der Waals surface area contributed by atoms with Crippen LogP contribution in [0.1, 0.15) is 42.0 Å². The Balaban J connectivity index is 1.15. The first kappa shape index (κ1) is 34.8. The van der Waals surface area contributed by atoms with Crippen LogP contribution in [0.4, 0.5) is 16.2 Å². The zero-order chi connectivity index (χ0) is 35.1. The van der Waals surface area contributed by atoms with Crippen LogP contribution in [-0.2, 0) is 14.3 Å². The smallest absolute Gasteiger partial charge is 0.413 e. The van der Waals surface area contributed by atoms with E-state index in [4.69, 9.17) is 26.0 Å². The molecular formula is C36H42N8O5. The van der Waals surface area contributed by atoms with Gasteiger partial charge in [-0.1, -0.05) is 18.2 Å². The number of aromatic nitrogens is 1. The SMILES string of the molecule is CCN(C(=O)[C@@H]1CCN(CC(=O)N2CC=C(c3ccc(C(=N)OC(=O)NC)cc3)CC2)C1)c1ccc(N)c(C(=N)c2ccc(OC)nc2)c1. The number of nitrogen functional groups attached to an aromatic ring is 1. The third kappa shape index (κ3) is 8.12. The molecule has 2 aliphatic rings. The van der Waals surface area contributed by atoms with E-state index >= 15 is 0 Å². The van der Waals surface area contributed by atoms with E-state index in [1.165, 1.54) is 14.2 Å². The number of ether oxygens (including phenoxy) is 2. The number of anilines is 2. The maximum atomic E-state index is 13.8. The molecule has 0 saturated carbocycles. The number of nitrogens with one attached hydrogen (secondary N) is 3. The van der Waals surface area contributed by atoms with Crippen molar-refractivity contribution in [1.82, 2.24) is 20.1 Å². The van der Waals surface area contributed by atoms with Crippen molar-refractivity contribution in [1.29, 1.82) is 10.8 Å². The summed E-state index contributed by atoms with van der Waals surface area (Å²) in [6.45, 7) is 4.85. The topological polar surface area (TPSA) is 178 Å². The average molecular weight is 667 g/mol. The summed E-state index contributed by atoms with van der Waals surface area (Å²) >= 11 is 0. The normalized spacial score (nSPS) is 16.0. The molecule has 3 aromatic rings. The number of nitrogens with zero attached hydrogens (tertiary/aromatic N) is 4. The highest BCUT2D eigenvalue weighted by Crippen LogP contribution is 2.28. The molecule has 0 aliphatic carbocycles. The van der Waals surface area contributed by atoms with Gasteiger partial charge in [0.05, 0.1) is 25.3 Å². The van der Waals surface area contributed by atoms with E-state index in [2.05, 4.69) is 10.3 Å². The van der Waals surface area contributed by atoms with Crippen LogP contribution in [0.3, 0.4) is 0 Å². The molecule has 3 amide bonds. The lowest BCUT2D eigenvalue weighted by Gasteiger charge is -2.29. The Kier molecular flexibility index (Phi) is 11.0. The van der Waals surface area contributed by atoms with E-state index in [0.29, 0.717) is 79.5 Å². The molecule has 2 aromatic carbocycles. The molecule has 0 radical (unpaired) electrons. The number of benzene rings is 2. The quantitative estimate of drug-likeness (QED) is 0.144. The second-order valence-electron chi connectivity index (χ2n) is 11.9. The minimum atomic E-state index is -0.692. The lowest BCUT2D eigenvalue weighted by atomic mass is 9.98. The van der Waals surface area contributed by atoms with Gasteiger partial charge in [-0.15, -0.1) is 0 Å². The number of rotatable bonds is 10. The number of hydrogen-bond donors (Lipinski definition) is 4. The molecule has 5 N–H and O–H groups in total. The lowest BCUT2D eigenvalue weighted by Crippen LogP contribution is -2.42. The Morgan fingerprint density at radius 2 is 1.82 bits per heavy atom. The number of hydrogen-bond acceptors (Lipinski definition) is 10. The van der Waals surface area contributed by atoms with Gasteiger partial charge in [-0.3, -0.25) is 25.3 Å². The predicted octanol–water partition coefficient (Wildman–Crippen LogP) is 3.76. The summed E-state index contributed by atoms with van der Waals surface area (Å²) < 4.78 is 10.0. The number of alkyl carbamates (subject to hydrolysis) is 1. The van der Waals surface area contributed by atoms with Crippen LogP contribution >= 0.6 is 0 Å². The highest BCUT2D eigenvalue weighted by Gasteiger charge is 2.33. The van der Waals surface area contributed by atoms with Crippen molar-refractivity contribution >= 4 is 46.5 Å². The molecule has 2 aliphatic heterocycles. The Morgan fingerprint density at radius 1 is 1.06 bits per heavy atom. The van der Waals surface area contributed by atoms with Crippen molar-refractivity contribution in [2.24, 2.45) is 5.92 Å². The van der Waals surface area contributed by atoms with E-state index in [-0.39, 0.29) is 35.9 Å². The third-order valence-electron chi connectivity index (χ3n) is 8.89. The van der Waals surface area contributed by atoms with Crippen molar-refractivity contribution in [3.63, 3.8) is 0 Å². The predicted molar refractivity (Wildman–Crippen MR) is 188 cm³/mol. The summed E-state index contributed by atoms with van der Waals surface area (Å²) in [5, 5.41) is 19.0. The molecule has 5 rings (SSSR count). The Morgan fingerprint density at radius 3 is 2.45 bits per heavy atom. The van der Waals surface area contributed by atoms with E-state index in [1.54, 1.807) is 53.6 Å². The molecule has 0 unspecified atom stereocenters. The summed E-state index contributed by atoms with van der Waals surface area (Å²) in [6.07, 6.45) is 4.27. The van der Waals surface area contributed by atoms with Crippen LogP contribution in [0.15, 0.2) is 66.9 Å². The van der Waals surface area contributed by atoms with E-state index in [1.807, 2.05) is 34.9 Å². The minimum absolute atomic E-state index is 0.0160.